The van der Waals surface area contributed by atoms with E-state index in [1.165, 1.54) is 54.5 Å². The Labute approximate surface area is 180 Å². The first kappa shape index (κ1) is 21.1. The van der Waals surface area contributed by atoms with E-state index in [1.807, 2.05) is 14.1 Å². The molecule has 0 bridgehead atoms. The van der Waals surface area contributed by atoms with Gasteiger partial charge in [0.25, 0.3) is 5.91 Å². The highest BCUT2D eigenvalue weighted by Crippen LogP contribution is 2.30. The van der Waals surface area contributed by atoms with Gasteiger partial charge in [0, 0.05) is 44.5 Å². The van der Waals surface area contributed by atoms with Crippen LogP contribution in [0.15, 0.2) is 24.3 Å². The van der Waals surface area contributed by atoms with Crippen LogP contribution < -0.4 is 5.32 Å². The van der Waals surface area contributed by atoms with Gasteiger partial charge >= 0.3 is 0 Å². The lowest BCUT2D eigenvalue weighted by atomic mass is 9.88. The van der Waals surface area contributed by atoms with Crippen molar-refractivity contribution in [1.82, 2.24) is 20.0 Å². The zero-order chi connectivity index (χ0) is 21.1. The molecular weight excluding hydrogens is 372 g/mol. The number of hydrogen-bond donors (Lipinski definition) is 1. The maximum Gasteiger partial charge on any atom is 0.274 e. The first-order valence-corrected chi connectivity index (χ1v) is 11.6. The van der Waals surface area contributed by atoms with Gasteiger partial charge in [0.05, 0.1) is 0 Å². The van der Waals surface area contributed by atoms with Crippen molar-refractivity contribution in [2.45, 2.75) is 77.4 Å². The van der Waals surface area contributed by atoms with Crippen molar-refractivity contribution in [3.8, 4) is 0 Å². The fourth-order valence-electron chi connectivity index (χ4n) is 5.07. The summed E-state index contributed by atoms with van der Waals surface area (Å²) in [5.74, 6) is 0.746. The van der Waals surface area contributed by atoms with E-state index < -0.39 is 0 Å². The van der Waals surface area contributed by atoms with Crippen molar-refractivity contribution in [3.05, 3.63) is 52.3 Å². The molecule has 2 aromatic rings. The average Bonchev–Trinajstić information content (AvgIpc) is 3.11. The molecule has 162 valence electrons. The number of carbonyl (C=O) groups is 1. The lowest BCUT2D eigenvalue weighted by molar-refractivity contribution is 0.0819. The molecule has 2 aliphatic rings. The summed E-state index contributed by atoms with van der Waals surface area (Å²) in [5, 5.41) is 8.62. The molecular formula is C25H36N4O. The Morgan fingerprint density at radius 1 is 1.17 bits per heavy atom. The maximum atomic E-state index is 12.9. The number of rotatable bonds is 6. The highest BCUT2D eigenvalue weighted by atomic mass is 16.2. The van der Waals surface area contributed by atoms with E-state index in [9.17, 15) is 4.79 Å². The second-order valence-electron chi connectivity index (χ2n) is 9.41. The third-order valence-corrected chi connectivity index (χ3v) is 6.95. The molecule has 0 aliphatic heterocycles. The second kappa shape index (κ2) is 9.34. The molecule has 30 heavy (non-hydrogen) atoms. The largest absolute Gasteiger partial charge is 0.343 e. The molecule has 1 saturated carbocycles. The van der Waals surface area contributed by atoms with Crippen LogP contribution in [-0.2, 0) is 25.9 Å². The normalized spacial score (nSPS) is 19.5. The Morgan fingerprint density at radius 3 is 2.67 bits per heavy atom. The molecule has 5 nitrogen and oxygen atoms in total. The number of nitrogens with one attached hydrogen (secondary N) is 1. The minimum atomic E-state index is 0.0354. The summed E-state index contributed by atoms with van der Waals surface area (Å²) in [6.07, 6.45) is 9.63. The van der Waals surface area contributed by atoms with Gasteiger partial charge in [0.2, 0.25) is 0 Å². The van der Waals surface area contributed by atoms with Crippen LogP contribution in [0.2, 0.25) is 0 Å². The molecule has 1 fully saturated rings. The molecule has 0 spiro atoms. The van der Waals surface area contributed by atoms with E-state index in [1.54, 1.807) is 4.90 Å². The lowest BCUT2D eigenvalue weighted by Crippen LogP contribution is -2.35. The molecule has 1 heterocycles. The molecule has 0 saturated heterocycles. The lowest BCUT2D eigenvalue weighted by Gasteiger charge is -2.26. The van der Waals surface area contributed by atoms with Gasteiger partial charge in [-0.2, -0.15) is 5.10 Å². The predicted octanol–water partition coefficient (Wildman–Crippen LogP) is 4.12. The quantitative estimate of drug-likeness (QED) is 0.782. The zero-order valence-corrected chi connectivity index (χ0v) is 18.8. The Morgan fingerprint density at radius 2 is 1.93 bits per heavy atom. The number of nitrogens with zero attached hydrogens (tertiary/aromatic N) is 3. The van der Waals surface area contributed by atoms with E-state index in [2.05, 4.69) is 41.2 Å². The van der Waals surface area contributed by atoms with Gasteiger partial charge < -0.3 is 10.2 Å². The van der Waals surface area contributed by atoms with Crippen LogP contribution in [0.1, 0.15) is 71.4 Å². The minimum Gasteiger partial charge on any atom is -0.343 e. The molecule has 1 amide bonds. The van der Waals surface area contributed by atoms with Gasteiger partial charge in [0.15, 0.2) is 5.69 Å². The van der Waals surface area contributed by atoms with Crippen molar-refractivity contribution in [2.24, 2.45) is 5.92 Å². The average molecular weight is 409 g/mol. The van der Waals surface area contributed by atoms with Crippen molar-refractivity contribution < 1.29 is 4.79 Å². The molecule has 1 aromatic heterocycles. The third kappa shape index (κ3) is 4.61. The fraction of sp³-hybridized carbons (Fsp3) is 0.600. The van der Waals surface area contributed by atoms with Crippen LogP contribution in [0.5, 0.6) is 0 Å². The first-order chi connectivity index (χ1) is 14.5. The van der Waals surface area contributed by atoms with Crippen molar-refractivity contribution in [1.29, 1.82) is 0 Å². The molecule has 1 N–H and O–H groups in total. The van der Waals surface area contributed by atoms with Gasteiger partial charge in [0.1, 0.15) is 0 Å². The van der Waals surface area contributed by atoms with Gasteiger partial charge in [-0.3, -0.25) is 9.48 Å². The van der Waals surface area contributed by atoms with E-state index >= 15 is 0 Å². The zero-order valence-electron chi connectivity index (χ0n) is 18.8. The molecule has 5 heteroatoms. The third-order valence-electron chi connectivity index (χ3n) is 6.95. The summed E-state index contributed by atoms with van der Waals surface area (Å²) in [6.45, 7) is 4.02. The molecule has 1 atom stereocenters. The van der Waals surface area contributed by atoms with Gasteiger partial charge in [-0.25, -0.2) is 0 Å². The summed E-state index contributed by atoms with van der Waals surface area (Å²) in [5.41, 5.74) is 5.83. The van der Waals surface area contributed by atoms with E-state index in [0.717, 1.165) is 32.4 Å². The van der Waals surface area contributed by atoms with Crippen molar-refractivity contribution in [2.75, 3.05) is 14.1 Å². The molecule has 2 aliphatic carbocycles. The molecule has 4 rings (SSSR count). The molecule has 0 radical (unpaired) electrons. The van der Waals surface area contributed by atoms with Crippen LogP contribution in [0.4, 0.5) is 0 Å². The van der Waals surface area contributed by atoms with E-state index in [0.29, 0.717) is 17.7 Å². The van der Waals surface area contributed by atoms with Gasteiger partial charge in [-0.05, 0) is 56.1 Å². The number of benzene rings is 1. The summed E-state index contributed by atoms with van der Waals surface area (Å²) in [6, 6.07) is 8.94. The van der Waals surface area contributed by atoms with E-state index in [-0.39, 0.29) is 5.91 Å². The summed E-state index contributed by atoms with van der Waals surface area (Å²) in [7, 11) is 3.65. The van der Waals surface area contributed by atoms with E-state index in [4.69, 9.17) is 5.10 Å². The minimum absolute atomic E-state index is 0.0354. The van der Waals surface area contributed by atoms with Gasteiger partial charge in [-0.1, -0.05) is 43.5 Å². The predicted molar refractivity (Wildman–Crippen MR) is 121 cm³/mol. The smallest absolute Gasteiger partial charge is 0.274 e. The summed E-state index contributed by atoms with van der Waals surface area (Å²) >= 11 is 0. The maximum absolute atomic E-state index is 12.9. The van der Waals surface area contributed by atoms with Gasteiger partial charge in [-0.15, -0.1) is 0 Å². The number of aromatic nitrogens is 2. The number of fused-ring (bicyclic) bond motifs is 1. The van der Waals surface area contributed by atoms with Crippen LogP contribution in [0, 0.1) is 12.8 Å². The van der Waals surface area contributed by atoms with Crippen LogP contribution >= 0.6 is 0 Å². The van der Waals surface area contributed by atoms with Crippen LogP contribution in [-0.4, -0.2) is 40.7 Å². The topological polar surface area (TPSA) is 50.2 Å². The number of hydrogen-bond acceptors (Lipinski definition) is 3. The Balaban J connectivity index is 1.52. The van der Waals surface area contributed by atoms with Crippen molar-refractivity contribution >= 4 is 5.91 Å². The fourth-order valence-corrected chi connectivity index (χ4v) is 5.07. The Bertz CT molecular complexity index is 879. The Hall–Kier alpha value is -2.14. The number of carbonyl (C=O) groups excluding carboxylic acids is 1. The second-order valence-corrected chi connectivity index (χ2v) is 9.41. The highest BCUT2D eigenvalue weighted by Gasteiger charge is 2.30. The first-order valence-electron chi connectivity index (χ1n) is 11.6. The summed E-state index contributed by atoms with van der Waals surface area (Å²) < 4.78 is 2.19. The SMILES string of the molecule is Cc1ccccc1CN[C@@H]1CCc2c(c(C(=O)N(C)C)nn2CC2CCCCC2)C1. The molecule has 1 aromatic carbocycles. The number of aryl methyl sites for hydroxylation is 1. The summed E-state index contributed by atoms with van der Waals surface area (Å²) in [4.78, 5) is 14.5. The molecule has 0 unspecified atom stereocenters. The van der Waals surface area contributed by atoms with Crippen LogP contribution in [0.3, 0.4) is 0 Å². The van der Waals surface area contributed by atoms with Crippen molar-refractivity contribution in [3.63, 3.8) is 0 Å². The van der Waals surface area contributed by atoms with Crippen LogP contribution in [0.25, 0.3) is 0 Å². The number of amides is 1. The highest BCUT2D eigenvalue weighted by molar-refractivity contribution is 5.93. The standard InChI is InChI=1S/C25H36N4O/c1-18-9-7-8-12-20(18)16-26-21-13-14-23-22(15-21)24(25(30)28(2)3)27-29(23)17-19-10-5-4-6-11-19/h7-9,12,19,21,26H,4-6,10-11,13-17H2,1-3H3/t21-/m1/s1. The monoisotopic (exact) mass is 408 g/mol. The Kier molecular flexibility index (Phi) is 6.57.